The number of nitro benzene ring substituents is 1. The number of anilines is 1. The number of benzene rings is 1. The van der Waals surface area contributed by atoms with Gasteiger partial charge in [-0.3, -0.25) is 14.9 Å². The Labute approximate surface area is 89.4 Å². The van der Waals surface area contributed by atoms with Gasteiger partial charge in [-0.05, 0) is 0 Å². The number of ether oxygens (including phenoxy) is 1. The Balaban J connectivity index is 2.58. The third-order valence-electron chi connectivity index (χ3n) is 2.28. The van der Waals surface area contributed by atoms with Crippen LogP contribution in [0.4, 0.5) is 15.8 Å². The molecule has 1 heterocycles. The van der Waals surface area contributed by atoms with Crippen LogP contribution in [0.5, 0.6) is 5.75 Å². The molecule has 1 amide bonds. The largest absolute Gasteiger partial charge is 0.481 e. The Morgan fingerprint density at radius 1 is 1.56 bits per heavy atom. The summed E-state index contributed by atoms with van der Waals surface area (Å²) < 4.78 is 18.5. The van der Waals surface area contributed by atoms with Crippen molar-refractivity contribution >= 4 is 17.3 Å². The highest BCUT2D eigenvalue weighted by Crippen LogP contribution is 2.37. The van der Waals surface area contributed by atoms with E-state index in [9.17, 15) is 19.3 Å². The number of nitro groups is 1. The highest BCUT2D eigenvalue weighted by atomic mass is 19.1. The molecule has 0 saturated carbocycles. The number of carbonyl (C=O) groups excluding carboxylic acids is 1. The number of carbonyl (C=O) groups is 1. The second-order valence-electron chi connectivity index (χ2n) is 3.27. The van der Waals surface area contributed by atoms with Crippen LogP contribution in [-0.2, 0) is 4.79 Å². The van der Waals surface area contributed by atoms with E-state index in [4.69, 9.17) is 4.74 Å². The summed E-state index contributed by atoms with van der Waals surface area (Å²) in [5, 5.41) is 10.5. The molecule has 7 heteroatoms. The lowest BCUT2D eigenvalue weighted by atomic mass is 10.2. The molecular weight excluding hydrogens is 219 g/mol. The molecule has 0 fully saturated rings. The summed E-state index contributed by atoms with van der Waals surface area (Å²) >= 11 is 0. The van der Waals surface area contributed by atoms with Gasteiger partial charge in [0.2, 0.25) is 0 Å². The molecule has 0 saturated heterocycles. The Bertz CT molecular complexity index is 489. The van der Waals surface area contributed by atoms with E-state index in [0.717, 1.165) is 17.0 Å². The maximum Gasteiger partial charge on any atom is 0.276 e. The molecule has 0 unspecified atom stereocenters. The zero-order chi connectivity index (χ0) is 11.9. The van der Waals surface area contributed by atoms with E-state index in [1.54, 1.807) is 0 Å². The number of nitrogens with zero attached hydrogens (tertiary/aromatic N) is 2. The molecule has 2 rings (SSSR count). The van der Waals surface area contributed by atoms with Gasteiger partial charge < -0.3 is 9.64 Å². The minimum atomic E-state index is -0.847. The van der Waals surface area contributed by atoms with Crippen LogP contribution in [0.2, 0.25) is 0 Å². The molecule has 1 aromatic carbocycles. The predicted molar refractivity (Wildman–Crippen MR) is 52.0 cm³/mol. The second kappa shape index (κ2) is 3.44. The summed E-state index contributed by atoms with van der Waals surface area (Å²) in [5.74, 6) is -1.24. The van der Waals surface area contributed by atoms with Gasteiger partial charge in [0, 0.05) is 7.05 Å². The Morgan fingerprint density at radius 3 is 2.88 bits per heavy atom. The van der Waals surface area contributed by atoms with E-state index >= 15 is 0 Å². The van der Waals surface area contributed by atoms with Crippen LogP contribution in [0, 0.1) is 15.9 Å². The van der Waals surface area contributed by atoms with Crippen molar-refractivity contribution in [1.29, 1.82) is 0 Å². The minimum absolute atomic E-state index is 0.00815. The van der Waals surface area contributed by atoms with Gasteiger partial charge in [0.15, 0.2) is 18.2 Å². The summed E-state index contributed by atoms with van der Waals surface area (Å²) in [6.07, 6.45) is 0. The van der Waals surface area contributed by atoms with Crippen molar-refractivity contribution < 1.29 is 18.8 Å². The second-order valence-corrected chi connectivity index (χ2v) is 3.27. The fourth-order valence-electron chi connectivity index (χ4n) is 1.46. The van der Waals surface area contributed by atoms with Gasteiger partial charge in [-0.15, -0.1) is 0 Å². The van der Waals surface area contributed by atoms with Crippen molar-refractivity contribution in [2.24, 2.45) is 0 Å². The van der Waals surface area contributed by atoms with Gasteiger partial charge in [0.25, 0.3) is 11.6 Å². The molecule has 0 radical (unpaired) electrons. The van der Waals surface area contributed by atoms with Gasteiger partial charge in [0.05, 0.1) is 17.1 Å². The first-order chi connectivity index (χ1) is 7.50. The molecule has 0 N–H and O–H groups in total. The minimum Gasteiger partial charge on any atom is -0.481 e. The number of hydrogen-bond acceptors (Lipinski definition) is 4. The van der Waals surface area contributed by atoms with Crippen LogP contribution in [0.1, 0.15) is 0 Å². The summed E-state index contributed by atoms with van der Waals surface area (Å²) in [6.45, 7) is -0.246. The van der Waals surface area contributed by atoms with Crippen LogP contribution in [-0.4, -0.2) is 24.5 Å². The van der Waals surface area contributed by atoms with Crippen LogP contribution >= 0.6 is 0 Å². The average molecular weight is 226 g/mol. The first-order valence-corrected chi connectivity index (χ1v) is 4.38. The van der Waals surface area contributed by atoms with E-state index in [1.807, 2.05) is 0 Å². The standard InChI is InChI=1S/C9H7FN2O4/c1-11-8(13)4-16-7-3-5(12(14)15)2-6(10)9(7)11/h2-3H,4H2,1H3. The molecule has 0 bridgehead atoms. The van der Waals surface area contributed by atoms with Gasteiger partial charge in [-0.2, -0.15) is 0 Å². The van der Waals surface area contributed by atoms with Crippen molar-refractivity contribution in [2.45, 2.75) is 0 Å². The lowest BCUT2D eigenvalue weighted by Crippen LogP contribution is -2.36. The van der Waals surface area contributed by atoms with E-state index in [1.165, 1.54) is 7.05 Å². The molecule has 1 aliphatic rings. The summed E-state index contributed by atoms with van der Waals surface area (Å²) in [6, 6.07) is 1.86. The zero-order valence-corrected chi connectivity index (χ0v) is 8.27. The number of hydrogen-bond donors (Lipinski definition) is 0. The van der Waals surface area contributed by atoms with E-state index in [2.05, 4.69) is 0 Å². The molecule has 1 aromatic rings. The fourth-order valence-corrected chi connectivity index (χ4v) is 1.46. The lowest BCUT2D eigenvalue weighted by Gasteiger charge is -2.25. The molecule has 6 nitrogen and oxygen atoms in total. The first-order valence-electron chi connectivity index (χ1n) is 4.38. The molecular formula is C9H7FN2O4. The number of non-ortho nitro benzene ring substituents is 1. The average Bonchev–Trinajstić information content (AvgIpc) is 2.22. The smallest absolute Gasteiger partial charge is 0.276 e. The number of likely N-dealkylation sites (N-methyl/N-ethyl adjacent to an activating group) is 1. The van der Waals surface area contributed by atoms with Gasteiger partial charge in [-0.25, -0.2) is 4.39 Å². The predicted octanol–water partition coefficient (Wildman–Crippen LogP) is 1.09. The van der Waals surface area contributed by atoms with Crippen molar-refractivity contribution in [2.75, 3.05) is 18.6 Å². The fraction of sp³-hybridized carbons (Fsp3) is 0.222. The van der Waals surface area contributed by atoms with Gasteiger partial charge in [-0.1, -0.05) is 0 Å². The highest BCUT2D eigenvalue weighted by molar-refractivity contribution is 5.97. The Morgan fingerprint density at radius 2 is 2.25 bits per heavy atom. The van der Waals surface area contributed by atoms with E-state index < -0.39 is 22.3 Å². The number of amides is 1. The first kappa shape index (κ1) is 10.3. The molecule has 0 atom stereocenters. The normalized spacial score (nSPS) is 14.4. The molecule has 0 aromatic heterocycles. The van der Waals surface area contributed by atoms with Crippen molar-refractivity contribution in [3.63, 3.8) is 0 Å². The molecule has 0 spiro atoms. The molecule has 1 aliphatic heterocycles. The number of fused-ring (bicyclic) bond motifs is 1. The summed E-state index contributed by atoms with van der Waals surface area (Å²) in [7, 11) is 1.39. The van der Waals surface area contributed by atoms with Crippen LogP contribution < -0.4 is 9.64 Å². The van der Waals surface area contributed by atoms with E-state index in [0.29, 0.717) is 0 Å². The third kappa shape index (κ3) is 1.46. The van der Waals surface area contributed by atoms with Gasteiger partial charge in [0.1, 0.15) is 5.69 Å². The Kier molecular flexibility index (Phi) is 2.22. The molecule has 0 aliphatic carbocycles. The number of rotatable bonds is 1. The monoisotopic (exact) mass is 226 g/mol. The topological polar surface area (TPSA) is 72.7 Å². The Hall–Kier alpha value is -2.18. The summed E-state index contributed by atoms with van der Waals surface area (Å²) in [5.41, 5.74) is -0.471. The van der Waals surface area contributed by atoms with Crippen molar-refractivity contribution in [1.82, 2.24) is 0 Å². The van der Waals surface area contributed by atoms with Crippen LogP contribution in [0.3, 0.4) is 0 Å². The van der Waals surface area contributed by atoms with Crippen molar-refractivity contribution in [3.8, 4) is 5.75 Å². The van der Waals surface area contributed by atoms with Gasteiger partial charge >= 0.3 is 0 Å². The summed E-state index contributed by atoms with van der Waals surface area (Å²) in [4.78, 5) is 22.1. The zero-order valence-electron chi connectivity index (χ0n) is 8.27. The SMILES string of the molecule is CN1C(=O)COc2cc([N+](=O)[O-])cc(F)c21. The van der Waals surface area contributed by atoms with Crippen LogP contribution in [0.15, 0.2) is 12.1 Å². The molecule has 84 valence electrons. The maximum atomic E-state index is 13.5. The number of halogens is 1. The quantitative estimate of drug-likeness (QED) is 0.530. The third-order valence-corrected chi connectivity index (χ3v) is 2.28. The lowest BCUT2D eigenvalue weighted by molar-refractivity contribution is -0.385. The van der Waals surface area contributed by atoms with E-state index in [-0.39, 0.29) is 18.0 Å². The maximum absolute atomic E-state index is 13.5. The highest BCUT2D eigenvalue weighted by Gasteiger charge is 2.28. The van der Waals surface area contributed by atoms with Crippen molar-refractivity contribution in [3.05, 3.63) is 28.1 Å². The van der Waals surface area contributed by atoms with Crippen LogP contribution in [0.25, 0.3) is 0 Å². The molecule has 16 heavy (non-hydrogen) atoms.